The number of halogens is 1. The number of amides is 2. The van der Waals surface area contributed by atoms with E-state index in [0.717, 1.165) is 36.8 Å². The van der Waals surface area contributed by atoms with Gasteiger partial charge in [-0.2, -0.15) is 0 Å². The van der Waals surface area contributed by atoms with Gasteiger partial charge in [0.1, 0.15) is 6.04 Å². The Morgan fingerprint density at radius 2 is 1.62 bits per heavy atom. The number of nitrogens with zero attached hydrogens (tertiary/aromatic N) is 1. The molecule has 0 saturated heterocycles. The summed E-state index contributed by atoms with van der Waals surface area (Å²) in [7, 11) is 0. The summed E-state index contributed by atoms with van der Waals surface area (Å²) in [5.41, 5.74) is 1.99. The lowest BCUT2D eigenvalue weighted by Crippen LogP contribution is -2.50. The molecule has 1 aliphatic carbocycles. The highest BCUT2D eigenvalue weighted by Gasteiger charge is 2.28. The summed E-state index contributed by atoms with van der Waals surface area (Å²) in [6, 6.07) is 21.6. The lowest BCUT2D eigenvalue weighted by molar-refractivity contribution is -0.141. The predicted octanol–water partition coefficient (Wildman–Crippen LogP) is 6.29. The van der Waals surface area contributed by atoms with Crippen LogP contribution in [0, 0.1) is 0 Å². The van der Waals surface area contributed by atoms with Crippen molar-refractivity contribution >= 4 is 34.2 Å². The number of nitrogens with one attached hydrogen (secondary N) is 1. The Morgan fingerprint density at radius 1 is 0.941 bits per heavy atom. The normalized spacial score (nSPS) is 15.1. The van der Waals surface area contributed by atoms with Crippen molar-refractivity contribution in [3.8, 4) is 0 Å². The van der Waals surface area contributed by atoms with Gasteiger partial charge in [-0.3, -0.25) is 9.59 Å². The SMILES string of the molecule is C[C@@H](C(=O)NC1CCCCC1)N(Cc1ccccc1Cl)C(=O)CCc1cccc2ccccc12. The van der Waals surface area contributed by atoms with Gasteiger partial charge in [0, 0.05) is 24.0 Å². The Kier molecular flexibility index (Phi) is 8.23. The standard InChI is InChI=1S/C29H33ClN2O2/c1-21(29(34)31-25-14-3-2-4-15-25)32(20-24-11-6-8-17-27(24)30)28(33)19-18-23-13-9-12-22-10-5-7-16-26(22)23/h5-13,16-17,21,25H,2-4,14-15,18-20H2,1H3,(H,31,34)/t21-/m0/s1. The largest absolute Gasteiger partial charge is 0.352 e. The number of benzene rings is 3. The molecule has 1 fully saturated rings. The highest BCUT2D eigenvalue weighted by atomic mass is 35.5. The second kappa shape index (κ2) is 11.5. The Balaban J connectivity index is 1.50. The lowest BCUT2D eigenvalue weighted by atomic mass is 9.95. The van der Waals surface area contributed by atoms with E-state index in [1.54, 1.807) is 4.90 Å². The van der Waals surface area contributed by atoms with Gasteiger partial charge in [-0.15, -0.1) is 0 Å². The van der Waals surface area contributed by atoms with Crippen molar-refractivity contribution in [1.29, 1.82) is 0 Å². The number of aryl methyl sites for hydroxylation is 1. The molecule has 0 bridgehead atoms. The molecule has 1 atom stereocenters. The van der Waals surface area contributed by atoms with Crippen molar-refractivity contribution in [3.05, 3.63) is 82.9 Å². The molecule has 3 aromatic rings. The first kappa shape index (κ1) is 24.3. The molecule has 3 aromatic carbocycles. The lowest BCUT2D eigenvalue weighted by Gasteiger charge is -2.31. The summed E-state index contributed by atoms with van der Waals surface area (Å²) in [6.07, 6.45) is 6.50. The van der Waals surface area contributed by atoms with E-state index in [-0.39, 0.29) is 17.9 Å². The summed E-state index contributed by atoms with van der Waals surface area (Å²) in [4.78, 5) is 28.3. The smallest absolute Gasteiger partial charge is 0.242 e. The molecule has 5 heteroatoms. The first-order chi connectivity index (χ1) is 16.5. The monoisotopic (exact) mass is 476 g/mol. The number of rotatable bonds is 8. The zero-order chi connectivity index (χ0) is 23.9. The topological polar surface area (TPSA) is 49.4 Å². The molecule has 1 aliphatic rings. The van der Waals surface area contributed by atoms with Crippen LogP contribution in [0.5, 0.6) is 0 Å². The van der Waals surface area contributed by atoms with Crippen molar-refractivity contribution in [2.45, 2.75) is 70.5 Å². The highest BCUT2D eigenvalue weighted by Crippen LogP contribution is 2.23. The summed E-state index contributed by atoms with van der Waals surface area (Å²) < 4.78 is 0. The minimum absolute atomic E-state index is 0.0425. The minimum atomic E-state index is -0.571. The van der Waals surface area contributed by atoms with E-state index in [4.69, 9.17) is 11.6 Å². The number of carbonyl (C=O) groups is 2. The second-order valence-corrected chi connectivity index (χ2v) is 9.68. The van der Waals surface area contributed by atoms with Crippen LogP contribution in [0.3, 0.4) is 0 Å². The number of hydrogen-bond acceptors (Lipinski definition) is 2. The van der Waals surface area contributed by atoms with Crippen LogP contribution in [-0.4, -0.2) is 28.8 Å². The Hall–Kier alpha value is -2.85. The molecule has 0 heterocycles. The van der Waals surface area contributed by atoms with E-state index in [1.165, 1.54) is 17.2 Å². The van der Waals surface area contributed by atoms with E-state index in [1.807, 2.05) is 49.4 Å². The van der Waals surface area contributed by atoms with Gasteiger partial charge in [-0.1, -0.05) is 91.5 Å². The van der Waals surface area contributed by atoms with Gasteiger partial charge in [0.2, 0.25) is 11.8 Å². The van der Waals surface area contributed by atoms with Crippen LogP contribution < -0.4 is 5.32 Å². The third kappa shape index (κ3) is 5.98. The minimum Gasteiger partial charge on any atom is -0.352 e. The molecular weight excluding hydrogens is 444 g/mol. The summed E-state index contributed by atoms with van der Waals surface area (Å²) in [5, 5.41) is 6.12. The van der Waals surface area contributed by atoms with Gasteiger partial charge in [0.15, 0.2) is 0 Å². The van der Waals surface area contributed by atoms with Crippen molar-refractivity contribution in [3.63, 3.8) is 0 Å². The predicted molar refractivity (Wildman–Crippen MR) is 139 cm³/mol. The molecular formula is C29H33ClN2O2. The van der Waals surface area contributed by atoms with Crippen molar-refractivity contribution in [1.82, 2.24) is 10.2 Å². The molecule has 0 aromatic heterocycles. The van der Waals surface area contributed by atoms with E-state index in [2.05, 4.69) is 29.6 Å². The molecule has 0 radical (unpaired) electrons. The summed E-state index contributed by atoms with van der Waals surface area (Å²) in [6.45, 7) is 2.14. The molecule has 1 saturated carbocycles. The first-order valence-electron chi connectivity index (χ1n) is 12.3. The molecule has 4 rings (SSSR count). The van der Waals surface area contributed by atoms with E-state index >= 15 is 0 Å². The fourth-order valence-electron chi connectivity index (χ4n) is 4.86. The molecule has 4 nitrogen and oxygen atoms in total. The van der Waals surface area contributed by atoms with Crippen LogP contribution in [0.15, 0.2) is 66.7 Å². The average molecular weight is 477 g/mol. The third-order valence-corrected chi connectivity index (χ3v) is 7.27. The van der Waals surface area contributed by atoms with Gasteiger partial charge in [0.05, 0.1) is 0 Å². The highest BCUT2D eigenvalue weighted by molar-refractivity contribution is 6.31. The Bertz CT molecular complexity index is 1130. The molecule has 0 unspecified atom stereocenters. The zero-order valence-corrected chi connectivity index (χ0v) is 20.6. The summed E-state index contributed by atoms with van der Waals surface area (Å²) in [5.74, 6) is -0.128. The molecule has 1 N–H and O–H groups in total. The Morgan fingerprint density at radius 3 is 2.41 bits per heavy atom. The van der Waals surface area contributed by atoms with Crippen LogP contribution in [0.4, 0.5) is 0 Å². The van der Waals surface area contributed by atoms with Gasteiger partial charge >= 0.3 is 0 Å². The van der Waals surface area contributed by atoms with Crippen LogP contribution in [-0.2, 0) is 22.6 Å². The molecule has 2 amide bonds. The van der Waals surface area contributed by atoms with Gasteiger partial charge in [0.25, 0.3) is 0 Å². The second-order valence-electron chi connectivity index (χ2n) is 9.27. The number of carbonyl (C=O) groups excluding carboxylic acids is 2. The molecule has 0 aliphatic heterocycles. The van der Waals surface area contributed by atoms with Crippen LogP contribution in [0.25, 0.3) is 10.8 Å². The van der Waals surface area contributed by atoms with Crippen molar-refractivity contribution in [2.75, 3.05) is 0 Å². The number of fused-ring (bicyclic) bond motifs is 1. The average Bonchev–Trinajstić information content (AvgIpc) is 2.87. The van der Waals surface area contributed by atoms with Gasteiger partial charge in [-0.25, -0.2) is 0 Å². The van der Waals surface area contributed by atoms with E-state index < -0.39 is 6.04 Å². The van der Waals surface area contributed by atoms with Crippen LogP contribution in [0.1, 0.15) is 56.6 Å². The zero-order valence-electron chi connectivity index (χ0n) is 19.8. The first-order valence-corrected chi connectivity index (χ1v) is 12.7. The van der Waals surface area contributed by atoms with E-state index in [9.17, 15) is 9.59 Å². The molecule has 178 valence electrons. The van der Waals surface area contributed by atoms with Gasteiger partial charge in [-0.05, 0) is 54.2 Å². The summed E-state index contributed by atoms with van der Waals surface area (Å²) >= 11 is 6.41. The maximum Gasteiger partial charge on any atom is 0.242 e. The maximum absolute atomic E-state index is 13.5. The quantitative estimate of drug-likeness (QED) is 0.415. The fourth-order valence-corrected chi connectivity index (χ4v) is 5.05. The third-order valence-electron chi connectivity index (χ3n) is 6.91. The van der Waals surface area contributed by atoms with Crippen molar-refractivity contribution in [2.24, 2.45) is 0 Å². The maximum atomic E-state index is 13.5. The molecule has 34 heavy (non-hydrogen) atoms. The number of hydrogen-bond donors (Lipinski definition) is 1. The van der Waals surface area contributed by atoms with E-state index in [0.29, 0.717) is 24.4 Å². The van der Waals surface area contributed by atoms with Crippen LogP contribution in [0.2, 0.25) is 5.02 Å². The Labute approximate surface area is 207 Å². The van der Waals surface area contributed by atoms with Crippen molar-refractivity contribution < 1.29 is 9.59 Å². The van der Waals surface area contributed by atoms with Crippen LogP contribution >= 0.6 is 11.6 Å². The fraction of sp³-hybridized carbons (Fsp3) is 0.379. The molecule has 0 spiro atoms. The van der Waals surface area contributed by atoms with Gasteiger partial charge < -0.3 is 10.2 Å².